The highest BCUT2D eigenvalue weighted by atomic mass is 16.6. The number of nitrogen functional groups attached to an aromatic ring is 2. The molecule has 3 aromatic rings. The molecule has 0 aliphatic heterocycles. The van der Waals surface area contributed by atoms with E-state index < -0.39 is 9.85 Å². The van der Waals surface area contributed by atoms with Crippen LogP contribution in [-0.2, 0) is 0 Å². The summed E-state index contributed by atoms with van der Waals surface area (Å²) in [5.74, 6) is 0. The van der Waals surface area contributed by atoms with Crippen molar-refractivity contribution in [3.05, 3.63) is 86.0 Å². The molecule has 0 bridgehead atoms. The first-order valence-electron chi connectivity index (χ1n) is 8.89. The van der Waals surface area contributed by atoms with Crippen LogP contribution in [0.25, 0.3) is 0 Å². The molecule has 5 N–H and O–H groups in total. The minimum atomic E-state index is -0.516. The molecule has 0 unspecified atom stereocenters. The molecule has 0 aromatic heterocycles. The van der Waals surface area contributed by atoms with Gasteiger partial charge in [0.1, 0.15) is 5.69 Å². The maximum absolute atomic E-state index is 11.7. The van der Waals surface area contributed by atoms with Crippen LogP contribution in [0.1, 0.15) is 11.1 Å². The lowest BCUT2D eigenvalue weighted by atomic mass is 10.1. The Hall–Kier alpha value is -4.34. The van der Waals surface area contributed by atoms with Crippen LogP contribution in [0.5, 0.6) is 0 Å². The maximum atomic E-state index is 11.7. The Balaban J connectivity index is 2.22. The first-order valence-corrected chi connectivity index (χ1v) is 8.89. The standard InChI is InChI=1S/C20H20N6O4/c1-12-3-8-18(20(9-12)26(29)30)24(19-10-14(21)5-7-16(19)22)23-17-11-15(25(27)28)6-4-13(17)2/h3-11,23H,21-22H2,1-2H3. The number of hydrazine groups is 1. The predicted molar refractivity (Wildman–Crippen MR) is 117 cm³/mol. The summed E-state index contributed by atoms with van der Waals surface area (Å²) in [6.45, 7) is 3.50. The summed E-state index contributed by atoms with van der Waals surface area (Å²) >= 11 is 0. The van der Waals surface area contributed by atoms with E-state index >= 15 is 0 Å². The number of nitro groups is 2. The number of hydrogen-bond acceptors (Lipinski definition) is 8. The number of nitrogens with zero attached hydrogens (tertiary/aromatic N) is 3. The molecule has 3 rings (SSSR count). The lowest BCUT2D eigenvalue weighted by molar-refractivity contribution is -0.384. The summed E-state index contributed by atoms with van der Waals surface area (Å²) in [4.78, 5) is 21.9. The van der Waals surface area contributed by atoms with Crippen molar-refractivity contribution in [3.8, 4) is 0 Å². The molecule has 0 radical (unpaired) electrons. The first-order chi connectivity index (χ1) is 14.2. The van der Waals surface area contributed by atoms with E-state index in [9.17, 15) is 20.2 Å². The van der Waals surface area contributed by atoms with E-state index in [1.807, 2.05) is 0 Å². The summed E-state index contributed by atoms with van der Waals surface area (Å²) in [6, 6.07) is 13.8. The Morgan fingerprint density at radius 3 is 2.27 bits per heavy atom. The number of aryl methyl sites for hydroxylation is 2. The molecule has 0 heterocycles. The van der Waals surface area contributed by atoms with Crippen molar-refractivity contribution in [2.75, 3.05) is 21.9 Å². The molecule has 0 amide bonds. The molecule has 0 saturated carbocycles. The molecule has 0 spiro atoms. The fourth-order valence-electron chi connectivity index (χ4n) is 2.94. The van der Waals surface area contributed by atoms with Crippen LogP contribution in [-0.4, -0.2) is 9.85 Å². The molecule has 3 aromatic carbocycles. The highest BCUT2D eigenvalue weighted by Crippen LogP contribution is 2.38. The third-order valence-electron chi connectivity index (χ3n) is 4.53. The number of non-ortho nitro benzene ring substituents is 1. The van der Waals surface area contributed by atoms with Crippen LogP contribution in [0.15, 0.2) is 54.6 Å². The maximum Gasteiger partial charge on any atom is 0.295 e. The minimum Gasteiger partial charge on any atom is -0.399 e. The summed E-state index contributed by atoms with van der Waals surface area (Å²) in [5.41, 5.74) is 17.9. The normalized spacial score (nSPS) is 10.5. The number of benzene rings is 3. The number of anilines is 5. The molecule has 10 heteroatoms. The average molecular weight is 408 g/mol. The van der Waals surface area contributed by atoms with Gasteiger partial charge in [0.25, 0.3) is 11.4 Å². The van der Waals surface area contributed by atoms with E-state index in [1.165, 1.54) is 23.2 Å². The van der Waals surface area contributed by atoms with Gasteiger partial charge in [-0.05, 0) is 49.2 Å². The van der Waals surface area contributed by atoms with Gasteiger partial charge < -0.3 is 11.5 Å². The van der Waals surface area contributed by atoms with E-state index in [2.05, 4.69) is 5.43 Å². The fraction of sp³-hybridized carbons (Fsp3) is 0.100. The summed E-state index contributed by atoms with van der Waals surface area (Å²) < 4.78 is 0. The predicted octanol–water partition coefficient (Wildman–Crippen LogP) is 4.45. The van der Waals surface area contributed by atoms with Gasteiger partial charge in [-0.3, -0.25) is 25.7 Å². The summed E-state index contributed by atoms with van der Waals surface area (Å²) in [7, 11) is 0. The van der Waals surface area contributed by atoms with Crippen LogP contribution >= 0.6 is 0 Å². The largest absolute Gasteiger partial charge is 0.399 e. The highest BCUT2D eigenvalue weighted by Gasteiger charge is 2.24. The average Bonchev–Trinajstić information content (AvgIpc) is 2.69. The molecule has 0 atom stereocenters. The lowest BCUT2D eigenvalue weighted by Crippen LogP contribution is -2.27. The molecule has 10 nitrogen and oxygen atoms in total. The molecule has 0 fully saturated rings. The molecule has 0 aliphatic carbocycles. The van der Waals surface area contributed by atoms with E-state index in [1.54, 1.807) is 50.2 Å². The second-order valence-electron chi connectivity index (χ2n) is 6.77. The highest BCUT2D eigenvalue weighted by molar-refractivity contribution is 5.84. The Labute approximate surface area is 172 Å². The van der Waals surface area contributed by atoms with Crippen molar-refractivity contribution in [2.45, 2.75) is 13.8 Å². The monoisotopic (exact) mass is 408 g/mol. The smallest absolute Gasteiger partial charge is 0.295 e. The van der Waals surface area contributed by atoms with Gasteiger partial charge in [0.2, 0.25) is 0 Å². The molecular weight excluding hydrogens is 388 g/mol. The number of rotatable bonds is 6. The summed E-state index contributed by atoms with van der Waals surface area (Å²) in [5, 5.41) is 24.4. The first kappa shape index (κ1) is 20.4. The quantitative estimate of drug-likeness (QED) is 0.307. The zero-order valence-electron chi connectivity index (χ0n) is 16.3. The zero-order valence-corrected chi connectivity index (χ0v) is 16.3. The second-order valence-corrected chi connectivity index (χ2v) is 6.77. The number of nitro benzene ring substituents is 2. The van der Waals surface area contributed by atoms with E-state index in [0.717, 1.165) is 0 Å². The van der Waals surface area contributed by atoms with E-state index in [-0.39, 0.29) is 17.1 Å². The number of nitrogens with one attached hydrogen (secondary N) is 1. The number of hydrogen-bond donors (Lipinski definition) is 3. The summed E-state index contributed by atoms with van der Waals surface area (Å²) in [6.07, 6.45) is 0. The van der Waals surface area contributed by atoms with Gasteiger partial charge in [-0.1, -0.05) is 12.1 Å². The van der Waals surface area contributed by atoms with Crippen molar-refractivity contribution in [2.24, 2.45) is 0 Å². The lowest BCUT2D eigenvalue weighted by Gasteiger charge is -2.28. The topological polar surface area (TPSA) is 154 Å². The minimum absolute atomic E-state index is 0.123. The van der Waals surface area contributed by atoms with Crippen LogP contribution in [0.2, 0.25) is 0 Å². The van der Waals surface area contributed by atoms with Gasteiger partial charge in [0.15, 0.2) is 0 Å². The SMILES string of the molecule is Cc1ccc(N(Nc2cc([N+](=O)[O-])ccc2C)c2cc(N)ccc2N)c([N+](=O)[O-])c1. The molecule has 0 saturated heterocycles. The van der Waals surface area contributed by atoms with Gasteiger partial charge in [-0.2, -0.15) is 0 Å². The Morgan fingerprint density at radius 2 is 1.60 bits per heavy atom. The van der Waals surface area contributed by atoms with Gasteiger partial charge >= 0.3 is 0 Å². The third-order valence-corrected chi connectivity index (χ3v) is 4.53. The van der Waals surface area contributed by atoms with Gasteiger partial charge in [0.05, 0.1) is 26.9 Å². The van der Waals surface area contributed by atoms with Gasteiger partial charge in [-0.25, -0.2) is 5.01 Å². The Kier molecular flexibility index (Phi) is 5.41. The van der Waals surface area contributed by atoms with Crippen LogP contribution in [0.3, 0.4) is 0 Å². The van der Waals surface area contributed by atoms with E-state index in [4.69, 9.17) is 11.5 Å². The fourth-order valence-corrected chi connectivity index (χ4v) is 2.94. The third kappa shape index (κ3) is 4.07. The second kappa shape index (κ2) is 7.95. The van der Waals surface area contributed by atoms with Crippen molar-refractivity contribution in [3.63, 3.8) is 0 Å². The zero-order chi connectivity index (χ0) is 22.0. The van der Waals surface area contributed by atoms with Crippen molar-refractivity contribution >= 4 is 39.8 Å². The van der Waals surface area contributed by atoms with Crippen LogP contribution < -0.4 is 21.9 Å². The Bertz CT molecular complexity index is 1150. The van der Waals surface area contributed by atoms with Crippen LogP contribution in [0.4, 0.5) is 39.8 Å². The van der Waals surface area contributed by atoms with Gasteiger partial charge in [0, 0.05) is 23.9 Å². The molecule has 30 heavy (non-hydrogen) atoms. The van der Waals surface area contributed by atoms with Crippen molar-refractivity contribution in [1.29, 1.82) is 0 Å². The number of nitrogens with two attached hydrogens (primary N) is 2. The van der Waals surface area contributed by atoms with Gasteiger partial charge in [-0.15, -0.1) is 0 Å². The van der Waals surface area contributed by atoms with Crippen LogP contribution in [0, 0.1) is 34.1 Å². The molecule has 0 aliphatic rings. The Morgan fingerprint density at radius 1 is 0.867 bits per heavy atom. The van der Waals surface area contributed by atoms with Crippen molar-refractivity contribution < 1.29 is 9.85 Å². The molecule has 154 valence electrons. The molecular formula is C20H20N6O4. The van der Waals surface area contributed by atoms with Crippen molar-refractivity contribution in [1.82, 2.24) is 0 Å². The van der Waals surface area contributed by atoms with E-state index in [0.29, 0.717) is 33.9 Å².